The first-order chi connectivity index (χ1) is 8.76. The number of hydrogen-bond donors (Lipinski definition) is 1. The average molecular weight is 270 g/mol. The van der Waals surface area contributed by atoms with Gasteiger partial charge in [0.05, 0.1) is 18.7 Å². The Morgan fingerprint density at radius 2 is 2.33 bits per heavy atom. The van der Waals surface area contributed by atoms with Gasteiger partial charge < -0.3 is 14.8 Å². The van der Waals surface area contributed by atoms with Crippen LogP contribution in [0.5, 0.6) is 5.75 Å². The topological polar surface area (TPSA) is 30.5 Å². The smallest absolute Gasteiger partial charge is 0.137 e. The second-order valence-corrected chi connectivity index (χ2v) is 5.04. The summed E-state index contributed by atoms with van der Waals surface area (Å²) in [6.45, 7) is 1.70. The lowest BCUT2D eigenvalue weighted by Crippen LogP contribution is -2.31. The molecule has 18 heavy (non-hydrogen) atoms. The fourth-order valence-electron chi connectivity index (χ4n) is 2.58. The van der Waals surface area contributed by atoms with Crippen LogP contribution < -0.4 is 10.1 Å². The van der Waals surface area contributed by atoms with E-state index < -0.39 is 0 Å². The van der Waals surface area contributed by atoms with Crippen molar-refractivity contribution in [1.29, 1.82) is 0 Å². The van der Waals surface area contributed by atoms with E-state index in [4.69, 9.17) is 21.1 Å². The van der Waals surface area contributed by atoms with Crippen molar-refractivity contribution >= 4 is 11.6 Å². The van der Waals surface area contributed by atoms with Gasteiger partial charge in [0.2, 0.25) is 0 Å². The molecule has 1 heterocycles. The SMILES string of the molecule is CNC(c1ccc(OC)c(Cl)c1)C1CCCOC1. The van der Waals surface area contributed by atoms with Crippen LogP contribution in [0.2, 0.25) is 5.02 Å². The zero-order valence-electron chi connectivity index (χ0n) is 10.9. The standard InChI is InChI=1S/C14H20ClNO2/c1-16-14(11-4-3-7-18-9-11)10-5-6-13(17-2)12(15)8-10/h5-6,8,11,14,16H,3-4,7,9H2,1-2H3. The number of ether oxygens (including phenoxy) is 2. The van der Waals surface area contributed by atoms with Crippen LogP contribution >= 0.6 is 11.6 Å². The molecule has 1 aromatic carbocycles. The molecule has 0 aromatic heterocycles. The summed E-state index contributed by atoms with van der Waals surface area (Å²) in [7, 11) is 3.61. The minimum absolute atomic E-state index is 0.286. The van der Waals surface area contributed by atoms with Crippen LogP contribution in [0.3, 0.4) is 0 Å². The minimum Gasteiger partial charge on any atom is -0.495 e. The van der Waals surface area contributed by atoms with Crippen LogP contribution in [-0.4, -0.2) is 27.4 Å². The summed E-state index contributed by atoms with van der Waals surface area (Å²) in [5.41, 5.74) is 1.19. The van der Waals surface area contributed by atoms with Crippen LogP contribution in [0.4, 0.5) is 0 Å². The van der Waals surface area contributed by atoms with Gasteiger partial charge in [0.25, 0.3) is 0 Å². The van der Waals surface area contributed by atoms with Gasteiger partial charge in [-0.3, -0.25) is 0 Å². The van der Waals surface area contributed by atoms with Gasteiger partial charge in [-0.05, 0) is 37.6 Å². The van der Waals surface area contributed by atoms with E-state index in [9.17, 15) is 0 Å². The summed E-state index contributed by atoms with van der Waals surface area (Å²) >= 11 is 6.19. The quantitative estimate of drug-likeness (QED) is 0.911. The Morgan fingerprint density at radius 3 is 2.89 bits per heavy atom. The summed E-state index contributed by atoms with van der Waals surface area (Å²) in [5, 5.41) is 4.03. The van der Waals surface area contributed by atoms with Crippen molar-refractivity contribution in [3.63, 3.8) is 0 Å². The summed E-state index contributed by atoms with van der Waals surface area (Å²) < 4.78 is 10.7. The van der Waals surface area contributed by atoms with Gasteiger partial charge in [-0.1, -0.05) is 17.7 Å². The predicted octanol–water partition coefficient (Wildman–Crippen LogP) is 3.04. The van der Waals surface area contributed by atoms with Crippen molar-refractivity contribution in [2.45, 2.75) is 18.9 Å². The molecule has 1 aliphatic rings. The van der Waals surface area contributed by atoms with Crippen LogP contribution in [0.15, 0.2) is 18.2 Å². The van der Waals surface area contributed by atoms with E-state index in [1.165, 1.54) is 12.0 Å². The van der Waals surface area contributed by atoms with Gasteiger partial charge in [-0.25, -0.2) is 0 Å². The first kappa shape index (κ1) is 13.7. The van der Waals surface area contributed by atoms with E-state index in [-0.39, 0.29) is 6.04 Å². The first-order valence-corrected chi connectivity index (χ1v) is 6.72. The second-order valence-electron chi connectivity index (χ2n) is 4.64. The van der Waals surface area contributed by atoms with Crippen molar-refractivity contribution in [1.82, 2.24) is 5.32 Å². The normalized spacial score (nSPS) is 21.6. The van der Waals surface area contributed by atoms with Gasteiger partial charge >= 0.3 is 0 Å². The molecule has 2 unspecified atom stereocenters. The number of rotatable bonds is 4. The Kier molecular flexibility index (Phi) is 4.87. The molecule has 2 rings (SSSR count). The lowest BCUT2D eigenvalue weighted by molar-refractivity contribution is 0.0402. The summed E-state index contributed by atoms with van der Waals surface area (Å²) in [5.74, 6) is 1.23. The molecule has 1 N–H and O–H groups in total. The highest BCUT2D eigenvalue weighted by Gasteiger charge is 2.24. The highest BCUT2D eigenvalue weighted by atomic mass is 35.5. The third-order valence-corrected chi connectivity index (χ3v) is 3.81. The van der Waals surface area contributed by atoms with Crippen molar-refractivity contribution < 1.29 is 9.47 Å². The number of nitrogens with one attached hydrogen (secondary N) is 1. The predicted molar refractivity (Wildman–Crippen MR) is 73.3 cm³/mol. The molecule has 3 nitrogen and oxygen atoms in total. The molecule has 100 valence electrons. The largest absolute Gasteiger partial charge is 0.495 e. The molecule has 1 fully saturated rings. The summed E-state index contributed by atoms with van der Waals surface area (Å²) in [4.78, 5) is 0. The minimum atomic E-state index is 0.286. The van der Waals surface area contributed by atoms with Crippen LogP contribution in [0, 0.1) is 5.92 Å². The molecule has 0 aliphatic carbocycles. The molecule has 0 bridgehead atoms. The second kappa shape index (κ2) is 6.41. The zero-order valence-corrected chi connectivity index (χ0v) is 11.7. The zero-order chi connectivity index (χ0) is 13.0. The van der Waals surface area contributed by atoms with E-state index in [0.717, 1.165) is 25.4 Å². The Bertz CT molecular complexity index is 391. The van der Waals surface area contributed by atoms with Crippen LogP contribution in [0.25, 0.3) is 0 Å². The Balaban J connectivity index is 2.18. The van der Waals surface area contributed by atoms with E-state index in [1.54, 1.807) is 7.11 Å². The molecule has 0 saturated carbocycles. The maximum absolute atomic E-state index is 6.19. The maximum Gasteiger partial charge on any atom is 0.137 e. The van der Waals surface area contributed by atoms with Crippen molar-refractivity contribution in [3.05, 3.63) is 28.8 Å². The number of methoxy groups -OCH3 is 1. The molecule has 0 amide bonds. The van der Waals surface area contributed by atoms with Gasteiger partial charge in [-0.15, -0.1) is 0 Å². The molecule has 4 heteroatoms. The van der Waals surface area contributed by atoms with E-state index >= 15 is 0 Å². The molecule has 1 aliphatic heterocycles. The fraction of sp³-hybridized carbons (Fsp3) is 0.571. The average Bonchev–Trinajstić information content (AvgIpc) is 2.41. The lowest BCUT2D eigenvalue weighted by atomic mass is 9.89. The first-order valence-electron chi connectivity index (χ1n) is 6.34. The third-order valence-electron chi connectivity index (χ3n) is 3.51. The Morgan fingerprint density at radius 1 is 1.50 bits per heavy atom. The summed E-state index contributed by atoms with van der Waals surface area (Å²) in [6.07, 6.45) is 2.32. The van der Waals surface area contributed by atoms with Gasteiger partial charge in [0, 0.05) is 18.6 Å². The number of halogens is 1. The van der Waals surface area contributed by atoms with E-state index in [1.807, 2.05) is 19.2 Å². The van der Waals surface area contributed by atoms with Crippen molar-refractivity contribution in [3.8, 4) is 5.75 Å². The Labute approximate surface area is 113 Å². The number of hydrogen-bond acceptors (Lipinski definition) is 3. The lowest BCUT2D eigenvalue weighted by Gasteiger charge is -2.30. The third kappa shape index (κ3) is 2.97. The van der Waals surface area contributed by atoms with Gasteiger partial charge in [0.1, 0.15) is 5.75 Å². The van der Waals surface area contributed by atoms with E-state index in [0.29, 0.717) is 10.9 Å². The van der Waals surface area contributed by atoms with Crippen molar-refractivity contribution in [2.24, 2.45) is 5.92 Å². The Hall–Kier alpha value is -0.770. The molecular formula is C14H20ClNO2. The molecule has 1 saturated heterocycles. The number of benzene rings is 1. The monoisotopic (exact) mass is 269 g/mol. The molecule has 0 radical (unpaired) electrons. The highest BCUT2D eigenvalue weighted by Crippen LogP contribution is 2.33. The van der Waals surface area contributed by atoms with Gasteiger partial charge in [-0.2, -0.15) is 0 Å². The molecule has 1 aromatic rings. The molecule has 0 spiro atoms. The fourth-order valence-corrected chi connectivity index (χ4v) is 2.85. The molecular weight excluding hydrogens is 250 g/mol. The summed E-state index contributed by atoms with van der Waals surface area (Å²) in [6, 6.07) is 6.26. The van der Waals surface area contributed by atoms with Crippen LogP contribution in [0.1, 0.15) is 24.4 Å². The van der Waals surface area contributed by atoms with Crippen LogP contribution in [-0.2, 0) is 4.74 Å². The molecule has 2 atom stereocenters. The van der Waals surface area contributed by atoms with E-state index in [2.05, 4.69) is 11.4 Å². The maximum atomic E-state index is 6.19. The van der Waals surface area contributed by atoms with Gasteiger partial charge in [0.15, 0.2) is 0 Å². The van der Waals surface area contributed by atoms with Crippen molar-refractivity contribution in [2.75, 3.05) is 27.4 Å². The highest BCUT2D eigenvalue weighted by molar-refractivity contribution is 6.32.